The van der Waals surface area contributed by atoms with Gasteiger partial charge in [-0.15, -0.1) is 0 Å². The fourth-order valence-corrected chi connectivity index (χ4v) is 1.29. The monoisotopic (exact) mass is 250 g/mol. The Hall–Kier alpha value is -1.65. The number of aromatic nitrogens is 2. The summed E-state index contributed by atoms with van der Waals surface area (Å²) in [5.41, 5.74) is 6.34. The van der Waals surface area contributed by atoms with Crippen molar-refractivity contribution < 1.29 is 4.79 Å². The molecule has 100 valence electrons. The number of carbonyl (C=O) groups is 1. The van der Waals surface area contributed by atoms with Crippen LogP contribution in [0.3, 0.4) is 0 Å². The maximum Gasteiger partial charge on any atom is 0.272 e. The molecular formula is C13H22N4O. The molecule has 1 aromatic heterocycles. The zero-order valence-electron chi connectivity index (χ0n) is 11.7. The highest BCUT2D eigenvalue weighted by Crippen LogP contribution is 2.15. The van der Waals surface area contributed by atoms with Gasteiger partial charge in [-0.2, -0.15) is 0 Å². The molecule has 0 fully saturated rings. The van der Waals surface area contributed by atoms with Crippen molar-refractivity contribution in [2.24, 2.45) is 5.41 Å². The highest BCUT2D eigenvalue weighted by Gasteiger charge is 2.17. The highest BCUT2D eigenvalue weighted by atomic mass is 16.1. The summed E-state index contributed by atoms with van der Waals surface area (Å²) < 4.78 is 0. The van der Waals surface area contributed by atoms with E-state index in [-0.39, 0.29) is 22.9 Å². The normalized spacial score (nSPS) is 11.7. The van der Waals surface area contributed by atoms with E-state index < -0.39 is 0 Å². The van der Waals surface area contributed by atoms with Crippen LogP contribution in [0.15, 0.2) is 6.20 Å². The van der Waals surface area contributed by atoms with Crippen molar-refractivity contribution in [1.29, 1.82) is 0 Å². The molecule has 3 N–H and O–H groups in total. The fourth-order valence-electron chi connectivity index (χ4n) is 1.29. The third-order valence-electron chi connectivity index (χ3n) is 2.35. The number of hydrogen-bond acceptors (Lipinski definition) is 4. The molecule has 1 amide bonds. The predicted octanol–water partition coefficient (Wildman–Crippen LogP) is 1.96. The Bertz CT molecular complexity index is 435. The topological polar surface area (TPSA) is 80.9 Å². The largest absolute Gasteiger partial charge is 0.396 e. The molecule has 0 saturated heterocycles. The van der Waals surface area contributed by atoms with Crippen LogP contribution in [0.25, 0.3) is 0 Å². The third-order valence-corrected chi connectivity index (χ3v) is 2.35. The molecule has 0 aliphatic carbocycles. The van der Waals surface area contributed by atoms with Crippen LogP contribution in [0.2, 0.25) is 0 Å². The molecule has 5 nitrogen and oxygen atoms in total. The number of nitrogen functional groups attached to an aromatic ring is 1. The third kappa shape index (κ3) is 3.98. The van der Waals surface area contributed by atoms with E-state index in [2.05, 4.69) is 36.1 Å². The quantitative estimate of drug-likeness (QED) is 0.859. The van der Waals surface area contributed by atoms with Gasteiger partial charge in [0.15, 0.2) is 5.69 Å². The van der Waals surface area contributed by atoms with Crippen LogP contribution >= 0.6 is 0 Å². The van der Waals surface area contributed by atoms with Crippen molar-refractivity contribution in [2.45, 2.75) is 40.5 Å². The molecule has 0 bridgehead atoms. The summed E-state index contributed by atoms with van der Waals surface area (Å²) in [6, 6.07) is 0. The van der Waals surface area contributed by atoms with Gasteiger partial charge in [-0.25, -0.2) is 9.97 Å². The Morgan fingerprint density at radius 1 is 1.44 bits per heavy atom. The van der Waals surface area contributed by atoms with Gasteiger partial charge in [-0.3, -0.25) is 4.79 Å². The average Bonchev–Trinajstić information content (AvgIpc) is 2.25. The number of hydrogen-bond donors (Lipinski definition) is 2. The smallest absolute Gasteiger partial charge is 0.272 e. The van der Waals surface area contributed by atoms with E-state index in [9.17, 15) is 4.79 Å². The average molecular weight is 250 g/mol. The lowest BCUT2D eigenvalue weighted by Crippen LogP contribution is -2.33. The second-order valence-electron chi connectivity index (χ2n) is 5.93. The molecular weight excluding hydrogens is 228 g/mol. The highest BCUT2D eigenvalue weighted by molar-refractivity contribution is 5.96. The molecule has 0 spiro atoms. The fraction of sp³-hybridized carbons (Fsp3) is 0.615. The summed E-state index contributed by atoms with van der Waals surface area (Å²) in [6.07, 6.45) is 1.49. The van der Waals surface area contributed by atoms with Crippen molar-refractivity contribution >= 4 is 11.6 Å². The zero-order valence-corrected chi connectivity index (χ0v) is 11.7. The van der Waals surface area contributed by atoms with Crippen LogP contribution in [-0.4, -0.2) is 22.4 Å². The van der Waals surface area contributed by atoms with Crippen LogP contribution in [0.1, 0.15) is 56.8 Å². The number of nitrogens with one attached hydrogen (secondary N) is 1. The van der Waals surface area contributed by atoms with Crippen molar-refractivity contribution in [2.75, 3.05) is 12.3 Å². The molecule has 0 aromatic carbocycles. The molecule has 0 atom stereocenters. The summed E-state index contributed by atoms with van der Waals surface area (Å²) in [7, 11) is 0. The van der Waals surface area contributed by atoms with E-state index in [1.165, 1.54) is 6.20 Å². The molecule has 1 rings (SSSR count). The second-order valence-corrected chi connectivity index (χ2v) is 5.93. The first-order valence-corrected chi connectivity index (χ1v) is 6.11. The van der Waals surface area contributed by atoms with Crippen molar-refractivity contribution in [3.05, 3.63) is 17.7 Å². The molecule has 18 heavy (non-hydrogen) atoms. The van der Waals surface area contributed by atoms with Gasteiger partial charge in [0, 0.05) is 12.5 Å². The number of carbonyl (C=O) groups excluding carboxylic acids is 1. The van der Waals surface area contributed by atoms with E-state index >= 15 is 0 Å². The van der Waals surface area contributed by atoms with Crippen molar-refractivity contribution in [3.63, 3.8) is 0 Å². The van der Waals surface area contributed by atoms with Gasteiger partial charge in [0.1, 0.15) is 5.82 Å². The minimum absolute atomic E-state index is 0.0261. The molecule has 1 heterocycles. The number of anilines is 1. The molecule has 0 aliphatic heterocycles. The minimum Gasteiger partial charge on any atom is -0.396 e. The zero-order chi connectivity index (χ0) is 13.9. The summed E-state index contributed by atoms with van der Waals surface area (Å²) in [4.78, 5) is 20.3. The molecule has 0 aliphatic rings. The first-order chi connectivity index (χ1) is 8.20. The minimum atomic E-state index is -0.244. The Morgan fingerprint density at radius 2 is 2.06 bits per heavy atom. The first-order valence-electron chi connectivity index (χ1n) is 6.11. The van der Waals surface area contributed by atoms with Crippen LogP contribution < -0.4 is 11.1 Å². The predicted molar refractivity (Wildman–Crippen MR) is 72.3 cm³/mol. The lowest BCUT2D eigenvalue weighted by molar-refractivity contribution is 0.0935. The summed E-state index contributed by atoms with van der Waals surface area (Å²) >= 11 is 0. The Labute approximate surface area is 108 Å². The Kier molecular flexibility index (Phi) is 4.27. The summed E-state index contributed by atoms with van der Waals surface area (Å²) in [5.74, 6) is 0.552. The standard InChI is InChI=1S/C13H22N4O/c1-8(2)11-15-6-9(14)10(17-11)12(18)16-7-13(3,4)5/h6,8H,7,14H2,1-5H3,(H,16,18). The van der Waals surface area contributed by atoms with Gasteiger partial charge >= 0.3 is 0 Å². The van der Waals surface area contributed by atoms with Crippen LogP contribution in [0, 0.1) is 5.41 Å². The molecule has 0 saturated carbocycles. The Balaban J connectivity index is 2.88. The maximum absolute atomic E-state index is 12.0. The number of rotatable bonds is 3. The SMILES string of the molecule is CC(C)c1ncc(N)c(C(=O)NCC(C)(C)C)n1. The number of amides is 1. The van der Waals surface area contributed by atoms with Gasteiger partial charge in [-0.05, 0) is 5.41 Å². The van der Waals surface area contributed by atoms with Gasteiger partial charge in [0.25, 0.3) is 5.91 Å². The molecule has 1 aromatic rings. The molecule has 0 unspecified atom stereocenters. The van der Waals surface area contributed by atoms with Crippen molar-refractivity contribution in [3.8, 4) is 0 Å². The van der Waals surface area contributed by atoms with Crippen LogP contribution in [0.4, 0.5) is 5.69 Å². The van der Waals surface area contributed by atoms with Crippen LogP contribution in [0.5, 0.6) is 0 Å². The van der Waals surface area contributed by atoms with Gasteiger partial charge in [0.05, 0.1) is 11.9 Å². The van der Waals surface area contributed by atoms with E-state index in [1.807, 2.05) is 13.8 Å². The maximum atomic E-state index is 12.0. The molecule has 0 radical (unpaired) electrons. The molecule has 5 heteroatoms. The van der Waals surface area contributed by atoms with E-state index in [0.717, 1.165) is 0 Å². The van der Waals surface area contributed by atoms with E-state index in [0.29, 0.717) is 18.1 Å². The van der Waals surface area contributed by atoms with Crippen LogP contribution in [-0.2, 0) is 0 Å². The first kappa shape index (κ1) is 14.4. The van der Waals surface area contributed by atoms with Crippen molar-refractivity contribution in [1.82, 2.24) is 15.3 Å². The summed E-state index contributed by atoms with van der Waals surface area (Å²) in [5, 5.41) is 2.84. The number of nitrogens with two attached hydrogens (primary N) is 1. The Morgan fingerprint density at radius 3 is 2.56 bits per heavy atom. The van der Waals surface area contributed by atoms with E-state index in [4.69, 9.17) is 5.73 Å². The second kappa shape index (κ2) is 5.33. The van der Waals surface area contributed by atoms with Gasteiger partial charge in [0.2, 0.25) is 0 Å². The van der Waals surface area contributed by atoms with E-state index in [1.54, 1.807) is 0 Å². The van der Waals surface area contributed by atoms with Gasteiger partial charge in [-0.1, -0.05) is 34.6 Å². The van der Waals surface area contributed by atoms with Gasteiger partial charge < -0.3 is 11.1 Å². The lowest BCUT2D eigenvalue weighted by atomic mass is 9.97. The number of nitrogens with zero attached hydrogens (tertiary/aromatic N) is 2. The summed E-state index contributed by atoms with van der Waals surface area (Å²) in [6.45, 7) is 10.7. The lowest BCUT2D eigenvalue weighted by Gasteiger charge is -2.19.